The third kappa shape index (κ3) is 8.57. The molecule has 4 nitrogen and oxygen atoms in total. The van der Waals surface area contributed by atoms with E-state index in [1.807, 2.05) is 0 Å². The molecule has 1 atom stereocenters. The topological polar surface area (TPSA) is 58.9 Å². The zero-order valence-corrected chi connectivity index (χ0v) is 7.16. The third-order valence-electron chi connectivity index (χ3n) is 0.497. The number of ether oxygens (including phenoxy) is 2. The number of aliphatic hydroxyl groups excluding tert-OH is 1. The second-order valence-electron chi connectivity index (χ2n) is 1.47. The van der Waals surface area contributed by atoms with Gasteiger partial charge in [-0.1, -0.05) is 0 Å². The van der Waals surface area contributed by atoms with Gasteiger partial charge in [0, 0.05) is 0 Å². The molecular formula is C4H9IO4. The fourth-order valence-corrected chi connectivity index (χ4v) is 0.314. The Balaban J connectivity index is 3.07. The first-order valence-electron chi connectivity index (χ1n) is 2.30. The highest BCUT2D eigenvalue weighted by molar-refractivity contribution is 14.1. The number of aliphatic hydroxyl groups is 2. The van der Waals surface area contributed by atoms with Crippen molar-refractivity contribution in [2.24, 2.45) is 0 Å². The minimum Gasteiger partial charge on any atom is -0.371 e. The summed E-state index contributed by atoms with van der Waals surface area (Å²) in [5, 5.41) is 16.9. The summed E-state index contributed by atoms with van der Waals surface area (Å²) in [5.74, 6) is 0. The lowest BCUT2D eigenvalue weighted by Crippen LogP contribution is -2.20. The Hall–Kier alpha value is 0.570. The average Bonchev–Trinajstić information content (AvgIpc) is 1.63. The van der Waals surface area contributed by atoms with E-state index >= 15 is 0 Å². The van der Waals surface area contributed by atoms with E-state index < -0.39 is 10.6 Å². The zero-order valence-electron chi connectivity index (χ0n) is 5.00. The molecule has 9 heavy (non-hydrogen) atoms. The second-order valence-corrected chi connectivity index (χ2v) is 3.47. The molecule has 0 rings (SSSR count). The summed E-state index contributed by atoms with van der Waals surface area (Å²) in [5.41, 5.74) is 0. The normalized spacial score (nSPS) is 17.3. The standard InChI is InChI=1S/C4H9IO4/c1-4(5,7)9-3-8-2-6/h6-7H,2-3H2,1H3/t4-/m1/s1. The zero-order chi connectivity index (χ0) is 7.33. The maximum Gasteiger partial charge on any atom is 0.218 e. The molecule has 0 aliphatic rings. The number of halogens is 1. The monoisotopic (exact) mass is 248 g/mol. The van der Waals surface area contributed by atoms with E-state index in [9.17, 15) is 0 Å². The van der Waals surface area contributed by atoms with E-state index in [2.05, 4.69) is 9.47 Å². The number of hydrogen-bond donors (Lipinski definition) is 2. The summed E-state index contributed by atoms with van der Waals surface area (Å²) in [6, 6.07) is 0. The molecule has 0 aliphatic carbocycles. The highest BCUT2D eigenvalue weighted by atomic mass is 127. The van der Waals surface area contributed by atoms with Crippen molar-refractivity contribution in [3.05, 3.63) is 0 Å². The molecule has 0 aromatic heterocycles. The smallest absolute Gasteiger partial charge is 0.218 e. The van der Waals surface area contributed by atoms with Gasteiger partial charge in [0.25, 0.3) is 0 Å². The molecule has 0 saturated carbocycles. The highest BCUT2D eigenvalue weighted by Gasteiger charge is 2.13. The van der Waals surface area contributed by atoms with Gasteiger partial charge in [-0.25, -0.2) is 0 Å². The maximum atomic E-state index is 8.85. The molecule has 0 amide bonds. The van der Waals surface area contributed by atoms with Gasteiger partial charge in [-0.15, -0.1) is 0 Å². The molecule has 0 aromatic carbocycles. The third-order valence-corrected chi connectivity index (χ3v) is 0.808. The van der Waals surface area contributed by atoms with Crippen LogP contribution in [0.4, 0.5) is 0 Å². The Kier molecular flexibility index (Phi) is 4.67. The first-order chi connectivity index (χ1) is 4.06. The number of alkyl halides is 1. The van der Waals surface area contributed by atoms with Gasteiger partial charge in [0.05, 0.1) is 0 Å². The summed E-state index contributed by atoms with van der Waals surface area (Å²) >= 11 is 1.69. The highest BCUT2D eigenvalue weighted by Crippen LogP contribution is 2.13. The van der Waals surface area contributed by atoms with Crippen LogP contribution in [0.25, 0.3) is 0 Å². The quantitative estimate of drug-likeness (QED) is 0.319. The Morgan fingerprint density at radius 3 is 2.56 bits per heavy atom. The minimum atomic E-state index is -1.22. The van der Waals surface area contributed by atoms with E-state index in [-0.39, 0.29) is 6.79 Å². The molecule has 0 aromatic rings. The summed E-state index contributed by atoms with van der Waals surface area (Å²) in [4.78, 5) is 0. The lowest BCUT2D eigenvalue weighted by Gasteiger charge is -2.14. The molecule has 0 fully saturated rings. The van der Waals surface area contributed by atoms with Crippen LogP contribution in [-0.2, 0) is 9.47 Å². The summed E-state index contributed by atoms with van der Waals surface area (Å²) in [6.07, 6.45) is 0. The molecule has 0 spiro atoms. The Morgan fingerprint density at radius 1 is 1.67 bits per heavy atom. The van der Waals surface area contributed by atoms with E-state index in [1.165, 1.54) is 6.92 Å². The van der Waals surface area contributed by atoms with Crippen LogP contribution in [-0.4, -0.2) is 27.6 Å². The van der Waals surface area contributed by atoms with Crippen LogP contribution in [0.15, 0.2) is 0 Å². The fraction of sp³-hybridized carbons (Fsp3) is 1.00. The minimum absolute atomic E-state index is 0.105. The summed E-state index contributed by atoms with van der Waals surface area (Å²) in [6.45, 7) is 0.966. The molecule has 0 heterocycles. The van der Waals surface area contributed by atoms with Crippen LogP contribution in [0.2, 0.25) is 0 Å². The van der Waals surface area contributed by atoms with E-state index in [4.69, 9.17) is 10.2 Å². The average molecular weight is 248 g/mol. The molecule has 5 heteroatoms. The molecule has 0 saturated heterocycles. The van der Waals surface area contributed by atoms with E-state index in [0.717, 1.165) is 0 Å². The first kappa shape index (κ1) is 9.57. The van der Waals surface area contributed by atoms with E-state index in [1.54, 1.807) is 22.6 Å². The second kappa shape index (κ2) is 4.40. The van der Waals surface area contributed by atoms with Crippen LogP contribution >= 0.6 is 22.6 Å². The molecule has 2 N–H and O–H groups in total. The van der Waals surface area contributed by atoms with Gasteiger partial charge in [-0.3, -0.25) is 0 Å². The van der Waals surface area contributed by atoms with Crippen LogP contribution in [0.5, 0.6) is 0 Å². The SMILES string of the molecule is C[C@](O)(I)OCOCO. The van der Waals surface area contributed by atoms with Crippen molar-refractivity contribution in [2.45, 2.75) is 10.7 Å². The van der Waals surface area contributed by atoms with Gasteiger partial charge in [-0.2, -0.15) is 0 Å². The Morgan fingerprint density at radius 2 is 2.22 bits per heavy atom. The lowest BCUT2D eigenvalue weighted by molar-refractivity contribution is -0.191. The predicted molar refractivity (Wildman–Crippen MR) is 38.8 cm³/mol. The van der Waals surface area contributed by atoms with Crippen LogP contribution in [0.3, 0.4) is 0 Å². The van der Waals surface area contributed by atoms with Crippen molar-refractivity contribution in [3.63, 3.8) is 0 Å². The molecule has 0 unspecified atom stereocenters. The Labute approximate surface area is 66.9 Å². The predicted octanol–water partition coefficient (Wildman–Crippen LogP) is 0.0279. The molecule has 0 bridgehead atoms. The summed E-state index contributed by atoms with van der Waals surface area (Å²) in [7, 11) is 0. The molecular weight excluding hydrogens is 239 g/mol. The summed E-state index contributed by atoms with van der Waals surface area (Å²) < 4.78 is 7.79. The van der Waals surface area contributed by atoms with Crippen molar-refractivity contribution in [3.8, 4) is 0 Å². The van der Waals surface area contributed by atoms with Crippen LogP contribution < -0.4 is 0 Å². The van der Waals surface area contributed by atoms with Gasteiger partial charge in [-0.05, 0) is 29.5 Å². The number of rotatable bonds is 4. The van der Waals surface area contributed by atoms with Gasteiger partial charge in [0.2, 0.25) is 3.79 Å². The first-order valence-corrected chi connectivity index (χ1v) is 3.38. The van der Waals surface area contributed by atoms with Crippen molar-refractivity contribution in [1.82, 2.24) is 0 Å². The van der Waals surface area contributed by atoms with Crippen molar-refractivity contribution in [2.75, 3.05) is 13.6 Å². The lowest BCUT2D eigenvalue weighted by atomic mass is 10.8. The van der Waals surface area contributed by atoms with Gasteiger partial charge in [0.15, 0.2) is 6.79 Å². The van der Waals surface area contributed by atoms with Gasteiger partial charge < -0.3 is 19.7 Å². The molecule has 0 aliphatic heterocycles. The van der Waals surface area contributed by atoms with E-state index in [0.29, 0.717) is 0 Å². The van der Waals surface area contributed by atoms with Gasteiger partial charge >= 0.3 is 0 Å². The molecule has 56 valence electrons. The fourth-order valence-electron chi connectivity index (χ4n) is 0.186. The van der Waals surface area contributed by atoms with Crippen molar-refractivity contribution in [1.29, 1.82) is 0 Å². The Bertz CT molecular complexity index is 69.5. The maximum absolute atomic E-state index is 8.85. The largest absolute Gasteiger partial charge is 0.371 e. The van der Waals surface area contributed by atoms with Crippen molar-refractivity contribution < 1.29 is 19.7 Å². The number of hydrogen-bond acceptors (Lipinski definition) is 4. The van der Waals surface area contributed by atoms with Crippen molar-refractivity contribution >= 4 is 22.6 Å². The van der Waals surface area contributed by atoms with Crippen LogP contribution in [0, 0.1) is 0 Å². The van der Waals surface area contributed by atoms with Gasteiger partial charge in [0.1, 0.15) is 6.79 Å². The van der Waals surface area contributed by atoms with Crippen LogP contribution in [0.1, 0.15) is 6.92 Å². The molecule has 0 radical (unpaired) electrons.